The molecule has 0 saturated heterocycles. The molecule has 1 heterocycles. The normalized spacial score (nSPS) is 11.0. The number of rotatable bonds is 8. The zero-order chi connectivity index (χ0) is 18.9. The minimum Gasteiger partial charge on any atom is -0.272 e. The van der Waals surface area contributed by atoms with Gasteiger partial charge in [0, 0.05) is 11.3 Å². The number of thioether (sulfide) groups is 2. The molecule has 0 unspecified atom stereocenters. The molecule has 2 aromatic carbocycles. The van der Waals surface area contributed by atoms with Gasteiger partial charge in [0.05, 0.1) is 12.0 Å². The van der Waals surface area contributed by atoms with Gasteiger partial charge in [-0.3, -0.25) is 4.79 Å². The summed E-state index contributed by atoms with van der Waals surface area (Å²) in [5, 5.41) is 12.0. The first-order chi connectivity index (χ1) is 13.2. The lowest BCUT2D eigenvalue weighted by Gasteiger charge is -1.98. The van der Waals surface area contributed by atoms with E-state index in [-0.39, 0.29) is 17.5 Å². The van der Waals surface area contributed by atoms with Gasteiger partial charge < -0.3 is 0 Å². The van der Waals surface area contributed by atoms with Crippen molar-refractivity contribution >= 4 is 47.0 Å². The van der Waals surface area contributed by atoms with E-state index in [1.54, 1.807) is 30.0 Å². The molecule has 1 N–H and O–H groups in total. The van der Waals surface area contributed by atoms with Gasteiger partial charge in [-0.05, 0) is 11.6 Å². The lowest BCUT2D eigenvalue weighted by molar-refractivity contribution is -0.118. The molecule has 0 saturated carbocycles. The Morgan fingerprint density at radius 1 is 1.07 bits per heavy atom. The van der Waals surface area contributed by atoms with Gasteiger partial charge in [0.15, 0.2) is 8.68 Å². The second-order valence-electron chi connectivity index (χ2n) is 5.21. The van der Waals surface area contributed by atoms with Crippen LogP contribution in [0.15, 0.2) is 68.4 Å². The fourth-order valence-corrected chi connectivity index (χ4v) is 4.71. The third-order valence-electron chi connectivity index (χ3n) is 3.22. The average Bonchev–Trinajstić information content (AvgIpc) is 3.15. The molecule has 138 valence electrons. The second kappa shape index (κ2) is 10.2. The summed E-state index contributed by atoms with van der Waals surface area (Å²) in [6, 6.07) is 16.3. The highest BCUT2D eigenvalue weighted by atomic mass is 32.2. The molecule has 0 atom stereocenters. The Morgan fingerprint density at radius 2 is 1.78 bits per heavy atom. The van der Waals surface area contributed by atoms with Crippen LogP contribution < -0.4 is 5.43 Å². The maximum absolute atomic E-state index is 13.4. The van der Waals surface area contributed by atoms with Crippen molar-refractivity contribution < 1.29 is 9.18 Å². The van der Waals surface area contributed by atoms with Crippen molar-refractivity contribution in [2.24, 2.45) is 5.10 Å². The van der Waals surface area contributed by atoms with Crippen LogP contribution in [0.25, 0.3) is 0 Å². The summed E-state index contributed by atoms with van der Waals surface area (Å²) in [4.78, 5) is 11.8. The van der Waals surface area contributed by atoms with E-state index in [4.69, 9.17) is 0 Å². The number of benzene rings is 2. The van der Waals surface area contributed by atoms with E-state index >= 15 is 0 Å². The zero-order valence-electron chi connectivity index (χ0n) is 14.0. The van der Waals surface area contributed by atoms with E-state index in [1.165, 1.54) is 40.9 Å². The number of hydrogen-bond acceptors (Lipinski definition) is 7. The van der Waals surface area contributed by atoms with Crippen LogP contribution in [0.1, 0.15) is 11.1 Å². The van der Waals surface area contributed by atoms with Crippen LogP contribution in [0, 0.1) is 5.82 Å². The van der Waals surface area contributed by atoms with Gasteiger partial charge in [-0.2, -0.15) is 5.10 Å². The van der Waals surface area contributed by atoms with E-state index in [9.17, 15) is 9.18 Å². The van der Waals surface area contributed by atoms with Crippen molar-refractivity contribution in [3.63, 3.8) is 0 Å². The standard InChI is InChI=1S/C18H15FN4OS3/c19-15-9-5-4-8-14(15)10-20-21-16(24)12-26-18-23-22-17(27-18)25-11-13-6-2-1-3-7-13/h1-10H,11-12H2,(H,21,24)/b20-10+. The molecule has 9 heteroatoms. The maximum atomic E-state index is 13.4. The lowest BCUT2D eigenvalue weighted by Crippen LogP contribution is -2.19. The Hall–Kier alpha value is -2.23. The molecule has 1 aromatic heterocycles. The predicted molar refractivity (Wildman–Crippen MR) is 109 cm³/mol. The van der Waals surface area contributed by atoms with Crippen LogP contribution >= 0.6 is 34.9 Å². The number of nitrogens with zero attached hydrogens (tertiary/aromatic N) is 3. The van der Waals surface area contributed by atoms with E-state index in [2.05, 4.69) is 32.9 Å². The monoisotopic (exact) mass is 418 g/mol. The summed E-state index contributed by atoms with van der Waals surface area (Å²) in [7, 11) is 0. The van der Waals surface area contributed by atoms with Crippen molar-refractivity contribution in [2.45, 2.75) is 14.4 Å². The summed E-state index contributed by atoms with van der Waals surface area (Å²) in [5.74, 6) is 0.304. The molecule has 0 fully saturated rings. The molecular formula is C18H15FN4OS3. The molecule has 0 aliphatic rings. The summed E-state index contributed by atoms with van der Waals surface area (Å²) in [6.07, 6.45) is 1.28. The number of nitrogens with one attached hydrogen (secondary N) is 1. The van der Waals surface area contributed by atoms with Gasteiger partial charge in [-0.1, -0.05) is 83.4 Å². The first kappa shape index (κ1) is 19.5. The molecule has 0 aliphatic heterocycles. The van der Waals surface area contributed by atoms with Crippen molar-refractivity contribution in [1.82, 2.24) is 15.6 Å². The smallest absolute Gasteiger partial charge is 0.250 e. The van der Waals surface area contributed by atoms with Crippen LogP contribution in [0.4, 0.5) is 4.39 Å². The number of carbonyl (C=O) groups is 1. The third kappa shape index (κ3) is 6.46. The summed E-state index contributed by atoms with van der Waals surface area (Å²) >= 11 is 4.36. The summed E-state index contributed by atoms with van der Waals surface area (Å²) < 4.78 is 15.0. The van der Waals surface area contributed by atoms with Gasteiger partial charge in [-0.15, -0.1) is 10.2 Å². The Balaban J connectivity index is 1.41. The minimum absolute atomic E-state index is 0.159. The average molecular weight is 419 g/mol. The maximum Gasteiger partial charge on any atom is 0.250 e. The summed E-state index contributed by atoms with van der Waals surface area (Å²) in [5.41, 5.74) is 3.91. The molecule has 0 bridgehead atoms. The Morgan fingerprint density at radius 3 is 2.56 bits per heavy atom. The number of amides is 1. The van der Waals surface area contributed by atoms with Crippen molar-refractivity contribution in [3.8, 4) is 0 Å². The van der Waals surface area contributed by atoms with E-state index in [1.807, 2.05) is 18.2 Å². The number of hydrazone groups is 1. The third-order valence-corrected chi connectivity index (χ3v) is 6.48. The van der Waals surface area contributed by atoms with Crippen LogP contribution in [-0.2, 0) is 10.5 Å². The van der Waals surface area contributed by atoms with E-state index in [0.29, 0.717) is 5.56 Å². The van der Waals surface area contributed by atoms with Gasteiger partial charge in [0.25, 0.3) is 5.91 Å². The number of hydrogen-bond donors (Lipinski definition) is 1. The van der Waals surface area contributed by atoms with Crippen LogP contribution in [-0.4, -0.2) is 28.1 Å². The predicted octanol–water partition coefficient (Wildman–Crippen LogP) is 4.21. The molecule has 27 heavy (non-hydrogen) atoms. The van der Waals surface area contributed by atoms with Crippen molar-refractivity contribution in [3.05, 3.63) is 71.5 Å². The van der Waals surface area contributed by atoms with E-state index in [0.717, 1.165) is 14.4 Å². The molecule has 3 aromatic rings. The first-order valence-corrected chi connectivity index (χ1v) is 10.7. The SMILES string of the molecule is O=C(CSc1nnc(SCc2ccccc2)s1)N/N=C/c1ccccc1F. The molecule has 1 amide bonds. The Kier molecular flexibility index (Phi) is 7.37. The number of halogens is 1. The molecular weight excluding hydrogens is 403 g/mol. The first-order valence-electron chi connectivity index (χ1n) is 7.90. The second-order valence-corrected chi connectivity index (χ2v) is 8.63. The highest BCUT2D eigenvalue weighted by molar-refractivity contribution is 8.03. The van der Waals surface area contributed by atoms with E-state index < -0.39 is 0 Å². The fraction of sp³-hybridized carbons (Fsp3) is 0.111. The van der Waals surface area contributed by atoms with Crippen LogP contribution in [0.3, 0.4) is 0 Å². The van der Waals surface area contributed by atoms with Gasteiger partial charge in [0.1, 0.15) is 5.82 Å². The van der Waals surface area contributed by atoms with Gasteiger partial charge in [-0.25, -0.2) is 9.82 Å². The Bertz CT molecular complexity index is 918. The highest BCUT2D eigenvalue weighted by Gasteiger charge is 2.08. The zero-order valence-corrected chi connectivity index (χ0v) is 16.5. The Labute approximate surface area is 168 Å². The molecule has 5 nitrogen and oxygen atoms in total. The van der Waals surface area contributed by atoms with Crippen molar-refractivity contribution in [2.75, 3.05) is 5.75 Å². The molecule has 0 aliphatic carbocycles. The molecule has 0 spiro atoms. The lowest BCUT2D eigenvalue weighted by atomic mass is 10.2. The fourth-order valence-electron chi connectivity index (χ4n) is 1.95. The topological polar surface area (TPSA) is 67.2 Å². The number of aromatic nitrogens is 2. The molecule has 3 rings (SSSR count). The van der Waals surface area contributed by atoms with Gasteiger partial charge >= 0.3 is 0 Å². The minimum atomic E-state index is -0.390. The summed E-state index contributed by atoms with van der Waals surface area (Å²) in [6.45, 7) is 0. The number of carbonyl (C=O) groups excluding carboxylic acids is 1. The van der Waals surface area contributed by atoms with Gasteiger partial charge in [0.2, 0.25) is 0 Å². The van der Waals surface area contributed by atoms with Crippen molar-refractivity contribution in [1.29, 1.82) is 0 Å². The quantitative estimate of drug-likeness (QED) is 0.337. The molecule has 0 radical (unpaired) electrons. The van der Waals surface area contributed by atoms with Crippen LogP contribution in [0.5, 0.6) is 0 Å². The largest absolute Gasteiger partial charge is 0.272 e. The van der Waals surface area contributed by atoms with Crippen LogP contribution in [0.2, 0.25) is 0 Å². The highest BCUT2D eigenvalue weighted by Crippen LogP contribution is 2.30.